The van der Waals surface area contributed by atoms with Crippen molar-refractivity contribution in [3.05, 3.63) is 35.7 Å². The van der Waals surface area contributed by atoms with E-state index in [9.17, 15) is 4.79 Å². The van der Waals surface area contributed by atoms with Crippen molar-refractivity contribution in [2.75, 3.05) is 6.54 Å². The Hall–Kier alpha value is -2.37. The second-order valence-corrected chi connectivity index (χ2v) is 7.41. The van der Waals surface area contributed by atoms with Gasteiger partial charge in [-0.3, -0.25) is 0 Å². The minimum Gasteiger partial charge on any atom is -0.337 e. The van der Waals surface area contributed by atoms with E-state index in [2.05, 4.69) is 15.5 Å². The zero-order valence-corrected chi connectivity index (χ0v) is 15.3. The summed E-state index contributed by atoms with van der Waals surface area (Å²) in [6.07, 6.45) is 7.70. The summed E-state index contributed by atoms with van der Waals surface area (Å²) < 4.78 is 5.55. The molecule has 1 saturated heterocycles. The Labute approximate surface area is 154 Å². The summed E-state index contributed by atoms with van der Waals surface area (Å²) in [6.45, 7) is 2.77. The van der Waals surface area contributed by atoms with Crippen molar-refractivity contribution in [3.63, 3.8) is 0 Å². The van der Waals surface area contributed by atoms with Crippen LogP contribution in [0.3, 0.4) is 0 Å². The number of nitrogens with zero attached hydrogens (tertiary/aromatic N) is 3. The Bertz CT molecular complexity index is 767. The number of hydrogen-bond donors (Lipinski definition) is 1. The molecule has 1 aromatic carbocycles. The van der Waals surface area contributed by atoms with Gasteiger partial charge in [0.15, 0.2) is 0 Å². The number of aryl methyl sites for hydroxylation is 1. The number of benzene rings is 1. The molecule has 4 rings (SSSR count). The van der Waals surface area contributed by atoms with E-state index in [0.717, 1.165) is 43.4 Å². The van der Waals surface area contributed by atoms with Gasteiger partial charge in [0.25, 0.3) is 0 Å². The third kappa shape index (κ3) is 3.45. The van der Waals surface area contributed by atoms with Gasteiger partial charge in [0.05, 0.1) is 0 Å². The maximum Gasteiger partial charge on any atom is 0.318 e. The molecule has 138 valence electrons. The van der Waals surface area contributed by atoms with Gasteiger partial charge in [-0.25, -0.2) is 4.79 Å². The lowest BCUT2D eigenvalue weighted by Crippen LogP contribution is -2.45. The van der Waals surface area contributed by atoms with Crippen molar-refractivity contribution >= 4 is 6.03 Å². The molecule has 1 aromatic heterocycles. The fourth-order valence-corrected chi connectivity index (χ4v) is 4.07. The number of rotatable bonds is 3. The topological polar surface area (TPSA) is 71.3 Å². The number of urea groups is 1. The van der Waals surface area contributed by atoms with Gasteiger partial charge in [0.2, 0.25) is 11.7 Å². The SMILES string of the molecule is Cc1ccccc1-c1noc([C@@H]2CCCN2C(=O)NC2CCCCC2)n1. The molecule has 0 bridgehead atoms. The monoisotopic (exact) mass is 354 g/mol. The van der Waals surface area contributed by atoms with Crippen LogP contribution in [-0.4, -0.2) is 33.7 Å². The molecule has 2 amide bonds. The predicted octanol–water partition coefficient (Wildman–Crippen LogP) is 4.22. The number of nitrogens with one attached hydrogen (secondary N) is 1. The Morgan fingerprint density at radius 3 is 2.77 bits per heavy atom. The van der Waals surface area contributed by atoms with Crippen molar-refractivity contribution in [2.24, 2.45) is 0 Å². The highest BCUT2D eigenvalue weighted by atomic mass is 16.5. The van der Waals surface area contributed by atoms with Crippen LogP contribution >= 0.6 is 0 Å². The largest absolute Gasteiger partial charge is 0.337 e. The van der Waals surface area contributed by atoms with Crippen LogP contribution in [0.15, 0.2) is 28.8 Å². The molecule has 2 heterocycles. The number of aromatic nitrogens is 2. The van der Waals surface area contributed by atoms with Crippen LogP contribution in [-0.2, 0) is 0 Å². The van der Waals surface area contributed by atoms with E-state index in [0.29, 0.717) is 17.8 Å². The summed E-state index contributed by atoms with van der Waals surface area (Å²) >= 11 is 0. The molecule has 1 N–H and O–H groups in total. The average Bonchev–Trinajstić information content (AvgIpc) is 3.32. The van der Waals surface area contributed by atoms with E-state index in [1.165, 1.54) is 19.3 Å². The fraction of sp³-hybridized carbons (Fsp3) is 0.550. The van der Waals surface area contributed by atoms with E-state index < -0.39 is 0 Å². The number of carbonyl (C=O) groups excluding carboxylic acids is 1. The van der Waals surface area contributed by atoms with Crippen molar-refractivity contribution in [3.8, 4) is 11.4 Å². The van der Waals surface area contributed by atoms with Crippen LogP contribution in [0.25, 0.3) is 11.4 Å². The zero-order chi connectivity index (χ0) is 17.9. The minimum atomic E-state index is -0.121. The van der Waals surface area contributed by atoms with Gasteiger partial charge in [-0.05, 0) is 38.2 Å². The van der Waals surface area contributed by atoms with Gasteiger partial charge in [-0.1, -0.05) is 48.7 Å². The molecule has 1 aliphatic heterocycles. The normalized spacial score (nSPS) is 21.1. The lowest BCUT2D eigenvalue weighted by atomic mass is 9.96. The molecule has 0 unspecified atom stereocenters. The van der Waals surface area contributed by atoms with E-state index in [4.69, 9.17) is 4.52 Å². The number of hydrogen-bond acceptors (Lipinski definition) is 4. The highest BCUT2D eigenvalue weighted by Crippen LogP contribution is 2.32. The van der Waals surface area contributed by atoms with Gasteiger partial charge >= 0.3 is 6.03 Å². The molecule has 26 heavy (non-hydrogen) atoms. The molecule has 1 aliphatic carbocycles. The molecule has 6 nitrogen and oxygen atoms in total. The first-order valence-electron chi connectivity index (χ1n) is 9.69. The molecular formula is C20H26N4O2. The van der Waals surface area contributed by atoms with E-state index in [-0.39, 0.29) is 12.1 Å². The van der Waals surface area contributed by atoms with Gasteiger partial charge in [-0.2, -0.15) is 4.98 Å². The van der Waals surface area contributed by atoms with Crippen LogP contribution in [0.1, 0.15) is 62.4 Å². The van der Waals surface area contributed by atoms with Crippen LogP contribution in [0.5, 0.6) is 0 Å². The average molecular weight is 354 g/mol. The van der Waals surface area contributed by atoms with Crippen LogP contribution in [0, 0.1) is 6.92 Å². The molecule has 6 heteroatoms. The summed E-state index contributed by atoms with van der Waals surface area (Å²) in [7, 11) is 0. The molecular weight excluding hydrogens is 328 g/mol. The van der Waals surface area contributed by atoms with Gasteiger partial charge in [-0.15, -0.1) is 0 Å². The molecule has 2 fully saturated rings. The fourth-order valence-electron chi connectivity index (χ4n) is 4.07. The van der Waals surface area contributed by atoms with Gasteiger partial charge < -0.3 is 14.7 Å². The second kappa shape index (κ2) is 7.48. The highest BCUT2D eigenvalue weighted by Gasteiger charge is 2.35. The Balaban J connectivity index is 1.48. The summed E-state index contributed by atoms with van der Waals surface area (Å²) in [5.74, 6) is 1.14. The molecule has 0 radical (unpaired) electrons. The summed E-state index contributed by atoms with van der Waals surface area (Å²) in [5.41, 5.74) is 2.08. The highest BCUT2D eigenvalue weighted by molar-refractivity contribution is 5.75. The number of amides is 2. The third-order valence-corrected chi connectivity index (χ3v) is 5.56. The maximum atomic E-state index is 12.8. The molecule has 2 aromatic rings. The first-order valence-corrected chi connectivity index (χ1v) is 9.69. The Kier molecular flexibility index (Phi) is 4.91. The Morgan fingerprint density at radius 2 is 1.96 bits per heavy atom. The van der Waals surface area contributed by atoms with E-state index in [1.807, 2.05) is 36.1 Å². The smallest absolute Gasteiger partial charge is 0.318 e. The molecule has 2 aliphatic rings. The summed E-state index contributed by atoms with van der Waals surface area (Å²) in [5, 5.41) is 7.36. The van der Waals surface area contributed by atoms with Crippen molar-refractivity contribution in [1.82, 2.24) is 20.4 Å². The van der Waals surface area contributed by atoms with Gasteiger partial charge in [0, 0.05) is 18.2 Å². The summed E-state index contributed by atoms with van der Waals surface area (Å²) in [6, 6.07) is 8.19. The van der Waals surface area contributed by atoms with Gasteiger partial charge in [0.1, 0.15) is 6.04 Å². The first-order chi connectivity index (χ1) is 12.7. The lowest BCUT2D eigenvalue weighted by Gasteiger charge is -2.28. The predicted molar refractivity (Wildman–Crippen MR) is 98.6 cm³/mol. The lowest BCUT2D eigenvalue weighted by molar-refractivity contribution is 0.173. The first kappa shape index (κ1) is 17.1. The minimum absolute atomic E-state index is 0.00930. The molecule has 0 spiro atoms. The van der Waals surface area contributed by atoms with E-state index >= 15 is 0 Å². The van der Waals surface area contributed by atoms with Crippen molar-refractivity contribution in [2.45, 2.75) is 64.0 Å². The number of likely N-dealkylation sites (tertiary alicyclic amines) is 1. The van der Waals surface area contributed by atoms with Crippen molar-refractivity contribution < 1.29 is 9.32 Å². The zero-order valence-electron chi connectivity index (χ0n) is 15.3. The molecule has 1 saturated carbocycles. The van der Waals surface area contributed by atoms with Crippen LogP contribution < -0.4 is 5.32 Å². The van der Waals surface area contributed by atoms with Crippen LogP contribution in [0.4, 0.5) is 4.79 Å². The van der Waals surface area contributed by atoms with E-state index in [1.54, 1.807) is 0 Å². The quantitative estimate of drug-likeness (QED) is 0.895. The maximum absolute atomic E-state index is 12.8. The third-order valence-electron chi connectivity index (χ3n) is 5.56. The van der Waals surface area contributed by atoms with Crippen LogP contribution in [0.2, 0.25) is 0 Å². The summed E-state index contributed by atoms with van der Waals surface area (Å²) in [4.78, 5) is 19.2. The second-order valence-electron chi connectivity index (χ2n) is 7.41. The number of carbonyl (C=O) groups is 1. The molecule has 1 atom stereocenters. The van der Waals surface area contributed by atoms with Crippen molar-refractivity contribution in [1.29, 1.82) is 0 Å². The standard InChI is InChI=1S/C20H26N4O2/c1-14-8-5-6-11-16(14)18-22-19(26-23-18)17-12-7-13-24(17)20(25)21-15-9-3-2-4-10-15/h5-6,8,11,15,17H,2-4,7,9-10,12-13H2,1H3,(H,21,25)/t17-/m0/s1. The Morgan fingerprint density at radius 1 is 1.15 bits per heavy atom.